The first-order chi connectivity index (χ1) is 13.2. The number of hydrogen-bond acceptors (Lipinski definition) is 3. The van der Waals surface area contributed by atoms with Crippen molar-refractivity contribution in [2.75, 3.05) is 44.2 Å². The Morgan fingerprint density at radius 2 is 1.44 bits per heavy atom. The highest BCUT2D eigenvalue weighted by molar-refractivity contribution is 14.1. The summed E-state index contributed by atoms with van der Waals surface area (Å²) in [6.45, 7) is 6.81. The lowest BCUT2D eigenvalue weighted by molar-refractivity contribution is 0.101. The van der Waals surface area contributed by atoms with Gasteiger partial charge < -0.3 is 4.90 Å². The molecule has 144 valence electrons. The smallest absolute Gasteiger partial charge is 0.0874 e. The number of halogens is 2. The van der Waals surface area contributed by atoms with Gasteiger partial charge in [-0.2, -0.15) is 0 Å². The van der Waals surface area contributed by atoms with Gasteiger partial charge in [0, 0.05) is 45.3 Å². The Hall–Kier alpha value is -0.820. The number of nitrogens with zero attached hydrogens (tertiary/aromatic N) is 3. The van der Waals surface area contributed by atoms with Crippen LogP contribution in [0.25, 0.3) is 0 Å². The van der Waals surface area contributed by atoms with E-state index in [-0.39, 0.29) is 0 Å². The molecule has 2 aromatic rings. The quantitative estimate of drug-likeness (QED) is 0.333. The summed E-state index contributed by atoms with van der Waals surface area (Å²) in [4.78, 5) is 7.77. The van der Waals surface area contributed by atoms with Gasteiger partial charge in [-0.3, -0.25) is 9.80 Å². The van der Waals surface area contributed by atoms with Gasteiger partial charge in [0.2, 0.25) is 0 Å². The first-order valence-corrected chi connectivity index (χ1v) is 11.5. The number of benzene rings is 2. The summed E-state index contributed by atoms with van der Waals surface area (Å²) in [6.07, 6.45) is 2.55. The maximum atomic E-state index is 6.38. The SMILES string of the molecule is Clc1ccccc1N1CCN(C2CCN(C(I)c3ccccc3)CC2)CC1. The minimum Gasteiger partial charge on any atom is -0.368 e. The van der Waals surface area contributed by atoms with E-state index in [2.05, 4.69) is 79.8 Å². The minimum atomic E-state index is 0.488. The van der Waals surface area contributed by atoms with E-state index >= 15 is 0 Å². The molecule has 0 bridgehead atoms. The number of hydrogen-bond donors (Lipinski definition) is 0. The van der Waals surface area contributed by atoms with Crippen molar-refractivity contribution >= 4 is 39.9 Å². The summed E-state index contributed by atoms with van der Waals surface area (Å²) in [5.41, 5.74) is 2.61. The van der Waals surface area contributed by atoms with Crippen molar-refractivity contribution in [3.63, 3.8) is 0 Å². The molecule has 0 amide bonds. The molecule has 0 aromatic heterocycles. The Kier molecular flexibility index (Phi) is 6.58. The van der Waals surface area contributed by atoms with Gasteiger partial charge in [-0.05, 0) is 30.5 Å². The molecule has 2 aliphatic rings. The molecule has 0 spiro atoms. The lowest BCUT2D eigenvalue weighted by atomic mass is 10.0. The van der Waals surface area contributed by atoms with Crippen molar-refractivity contribution < 1.29 is 0 Å². The summed E-state index contributed by atoms with van der Waals surface area (Å²) in [5, 5.41) is 0.869. The van der Waals surface area contributed by atoms with Crippen LogP contribution in [0.15, 0.2) is 54.6 Å². The van der Waals surface area contributed by atoms with E-state index in [1.807, 2.05) is 12.1 Å². The van der Waals surface area contributed by atoms with Crippen molar-refractivity contribution in [1.29, 1.82) is 0 Å². The second-order valence-electron chi connectivity index (χ2n) is 7.49. The second-order valence-corrected chi connectivity index (χ2v) is 9.08. The molecule has 2 aliphatic heterocycles. The molecule has 1 unspecified atom stereocenters. The van der Waals surface area contributed by atoms with Crippen LogP contribution in [0.5, 0.6) is 0 Å². The van der Waals surface area contributed by atoms with Crippen LogP contribution in [0.1, 0.15) is 22.5 Å². The molecule has 27 heavy (non-hydrogen) atoms. The molecule has 4 rings (SSSR count). The fraction of sp³-hybridized carbons (Fsp3) is 0.455. The van der Waals surface area contributed by atoms with E-state index < -0.39 is 0 Å². The van der Waals surface area contributed by atoms with Gasteiger partial charge in [-0.15, -0.1) is 0 Å². The van der Waals surface area contributed by atoms with E-state index in [1.165, 1.54) is 37.2 Å². The number of para-hydroxylation sites is 1. The molecule has 2 fully saturated rings. The average Bonchev–Trinajstić information content (AvgIpc) is 2.74. The van der Waals surface area contributed by atoms with E-state index in [4.69, 9.17) is 11.6 Å². The van der Waals surface area contributed by atoms with Crippen molar-refractivity contribution in [1.82, 2.24) is 9.80 Å². The van der Waals surface area contributed by atoms with Crippen LogP contribution >= 0.6 is 34.2 Å². The summed E-state index contributed by atoms with van der Waals surface area (Å²) in [5.74, 6) is 0. The van der Waals surface area contributed by atoms with Gasteiger partial charge >= 0.3 is 0 Å². The maximum Gasteiger partial charge on any atom is 0.0874 e. The number of anilines is 1. The number of alkyl halides is 1. The molecule has 0 radical (unpaired) electrons. The lowest BCUT2D eigenvalue weighted by Gasteiger charge is -2.44. The average molecular weight is 496 g/mol. The molecular weight excluding hydrogens is 469 g/mol. The topological polar surface area (TPSA) is 9.72 Å². The largest absolute Gasteiger partial charge is 0.368 e. The van der Waals surface area contributed by atoms with E-state index in [0.717, 1.165) is 37.2 Å². The molecule has 1 atom stereocenters. The zero-order chi connectivity index (χ0) is 18.6. The van der Waals surface area contributed by atoms with Gasteiger partial charge in [0.1, 0.15) is 0 Å². The third-order valence-corrected chi connectivity index (χ3v) is 7.74. The number of piperazine rings is 1. The molecule has 0 N–H and O–H groups in total. The summed E-state index contributed by atoms with van der Waals surface area (Å²) >= 11 is 8.97. The first kappa shape index (κ1) is 19.5. The van der Waals surface area contributed by atoms with Crippen LogP contribution < -0.4 is 4.90 Å². The first-order valence-electron chi connectivity index (χ1n) is 9.89. The van der Waals surface area contributed by atoms with Crippen molar-refractivity contribution in [3.05, 3.63) is 65.2 Å². The Labute approximate surface area is 181 Å². The Bertz CT molecular complexity index is 725. The lowest BCUT2D eigenvalue weighted by Crippen LogP contribution is -2.53. The summed E-state index contributed by atoms with van der Waals surface area (Å²) < 4.78 is 0.488. The zero-order valence-electron chi connectivity index (χ0n) is 15.6. The van der Waals surface area contributed by atoms with Gasteiger partial charge in [-0.1, -0.05) is 76.7 Å². The van der Waals surface area contributed by atoms with E-state index in [0.29, 0.717) is 4.05 Å². The molecule has 5 heteroatoms. The number of rotatable bonds is 4. The molecule has 0 saturated carbocycles. The third kappa shape index (κ3) is 4.61. The Balaban J connectivity index is 1.28. The van der Waals surface area contributed by atoms with Crippen LogP contribution in [0.4, 0.5) is 5.69 Å². The molecule has 2 saturated heterocycles. The van der Waals surface area contributed by atoms with E-state index in [9.17, 15) is 0 Å². The Morgan fingerprint density at radius 3 is 2.11 bits per heavy atom. The summed E-state index contributed by atoms with van der Waals surface area (Å²) in [7, 11) is 0. The molecule has 2 aromatic carbocycles. The van der Waals surface area contributed by atoms with Crippen molar-refractivity contribution in [2.45, 2.75) is 22.9 Å². The predicted octanol–water partition coefficient (Wildman–Crippen LogP) is 5.06. The second kappa shape index (κ2) is 9.12. The monoisotopic (exact) mass is 495 g/mol. The van der Waals surface area contributed by atoms with Crippen LogP contribution in [0.2, 0.25) is 5.02 Å². The normalized spacial score (nSPS) is 21.3. The standard InChI is InChI=1S/C22H27ClIN3/c23-20-8-4-5-9-21(20)26-16-14-25(15-17-26)19-10-12-27(13-11-19)22(24)18-6-2-1-3-7-18/h1-9,19,22H,10-17H2. The number of likely N-dealkylation sites (tertiary alicyclic amines) is 1. The highest BCUT2D eigenvalue weighted by Gasteiger charge is 2.30. The molecular formula is C22H27ClIN3. The predicted molar refractivity (Wildman–Crippen MR) is 123 cm³/mol. The van der Waals surface area contributed by atoms with Crippen LogP contribution in [-0.4, -0.2) is 55.1 Å². The fourth-order valence-corrected chi connectivity index (χ4v) is 5.56. The molecule has 2 heterocycles. The van der Waals surface area contributed by atoms with Crippen LogP contribution in [-0.2, 0) is 0 Å². The van der Waals surface area contributed by atoms with E-state index in [1.54, 1.807) is 0 Å². The molecule has 0 aliphatic carbocycles. The van der Waals surface area contributed by atoms with Gasteiger partial charge in [0.05, 0.1) is 14.8 Å². The minimum absolute atomic E-state index is 0.488. The van der Waals surface area contributed by atoms with Crippen molar-refractivity contribution in [2.24, 2.45) is 0 Å². The maximum absolute atomic E-state index is 6.38. The van der Waals surface area contributed by atoms with Crippen molar-refractivity contribution in [3.8, 4) is 0 Å². The molecule has 3 nitrogen and oxygen atoms in total. The highest BCUT2D eigenvalue weighted by atomic mass is 127. The van der Waals surface area contributed by atoms with Gasteiger partial charge in [-0.25, -0.2) is 0 Å². The highest BCUT2D eigenvalue weighted by Crippen LogP contribution is 2.32. The van der Waals surface area contributed by atoms with Crippen LogP contribution in [0, 0.1) is 0 Å². The number of piperidine rings is 1. The van der Waals surface area contributed by atoms with Gasteiger partial charge in [0.15, 0.2) is 0 Å². The third-order valence-electron chi connectivity index (χ3n) is 5.92. The van der Waals surface area contributed by atoms with Gasteiger partial charge in [0.25, 0.3) is 0 Å². The fourth-order valence-electron chi connectivity index (χ4n) is 4.34. The van der Waals surface area contributed by atoms with Crippen LogP contribution in [0.3, 0.4) is 0 Å². The summed E-state index contributed by atoms with van der Waals surface area (Å²) in [6, 6.07) is 19.8. The zero-order valence-corrected chi connectivity index (χ0v) is 18.5. The Morgan fingerprint density at radius 1 is 0.815 bits per heavy atom.